The van der Waals surface area contributed by atoms with Crippen molar-refractivity contribution in [1.29, 1.82) is 0 Å². The van der Waals surface area contributed by atoms with Gasteiger partial charge in [0.15, 0.2) is 11.8 Å². The van der Waals surface area contributed by atoms with Gasteiger partial charge in [-0.2, -0.15) is 0 Å². The molecule has 33 heavy (non-hydrogen) atoms. The number of fused-ring (bicyclic) bond motifs is 1. The van der Waals surface area contributed by atoms with Gasteiger partial charge in [-0.3, -0.25) is 4.79 Å². The summed E-state index contributed by atoms with van der Waals surface area (Å²) in [6.07, 6.45) is 1.91. The Balaban J connectivity index is 1.46. The van der Waals surface area contributed by atoms with Crippen LogP contribution >= 0.6 is 23.4 Å². The molecule has 1 atom stereocenters. The van der Waals surface area contributed by atoms with Crippen molar-refractivity contribution in [2.45, 2.75) is 19.9 Å². The standard InChI is InChI=1S/C24H22ClN3O4S/c1-3-31-23(30)21-15(2)26-24-28(12-13-33-24)22(21)16-4-10-19(11-5-16)32-14-20(29)27-18-8-6-17(25)7-9-18/h4-13,22H,3,14H2,1-2H3,(H,27,29)/t22-/m0/s1. The van der Waals surface area contributed by atoms with Crippen molar-refractivity contribution in [2.75, 3.05) is 18.5 Å². The molecule has 2 aromatic rings. The van der Waals surface area contributed by atoms with Gasteiger partial charge < -0.3 is 19.7 Å². The fourth-order valence-corrected chi connectivity index (χ4v) is 4.44. The molecule has 0 aliphatic carbocycles. The zero-order valence-electron chi connectivity index (χ0n) is 18.1. The molecule has 0 saturated carbocycles. The number of nitrogens with one attached hydrogen (secondary N) is 1. The van der Waals surface area contributed by atoms with Crippen molar-refractivity contribution < 1.29 is 19.1 Å². The highest BCUT2D eigenvalue weighted by Gasteiger charge is 2.37. The lowest BCUT2D eigenvalue weighted by molar-refractivity contribution is -0.139. The van der Waals surface area contributed by atoms with E-state index in [0.29, 0.717) is 27.7 Å². The van der Waals surface area contributed by atoms with Crippen LogP contribution in [0, 0.1) is 0 Å². The SMILES string of the molecule is CCOC(=O)C1=C(C)N=C2SC=CN2[C@H]1c1ccc(OCC(=O)Nc2ccc(Cl)cc2)cc1. The normalized spacial score (nSPS) is 16.9. The number of carbonyl (C=O) groups is 2. The van der Waals surface area contributed by atoms with E-state index in [2.05, 4.69) is 10.3 Å². The van der Waals surface area contributed by atoms with Crippen molar-refractivity contribution in [3.05, 3.63) is 82.0 Å². The molecule has 0 bridgehead atoms. The Bertz CT molecular complexity index is 1140. The van der Waals surface area contributed by atoms with Gasteiger partial charge in [-0.05, 0) is 61.2 Å². The number of esters is 1. The Labute approximate surface area is 201 Å². The van der Waals surface area contributed by atoms with Crippen LogP contribution in [-0.2, 0) is 14.3 Å². The zero-order chi connectivity index (χ0) is 23.4. The monoisotopic (exact) mass is 483 g/mol. The molecule has 2 aromatic carbocycles. The topological polar surface area (TPSA) is 80.2 Å². The van der Waals surface area contributed by atoms with Crippen LogP contribution in [0.4, 0.5) is 5.69 Å². The van der Waals surface area contributed by atoms with E-state index in [1.807, 2.05) is 35.6 Å². The van der Waals surface area contributed by atoms with Crippen molar-refractivity contribution in [1.82, 2.24) is 4.90 Å². The number of rotatable bonds is 7. The summed E-state index contributed by atoms with van der Waals surface area (Å²) < 4.78 is 10.9. The molecule has 7 nitrogen and oxygen atoms in total. The number of ether oxygens (including phenoxy) is 2. The number of carbonyl (C=O) groups excluding carboxylic acids is 2. The van der Waals surface area contributed by atoms with Crippen LogP contribution in [0.1, 0.15) is 25.5 Å². The lowest BCUT2D eigenvalue weighted by atomic mass is 9.95. The van der Waals surface area contributed by atoms with E-state index in [1.165, 1.54) is 11.8 Å². The molecule has 4 rings (SSSR count). The van der Waals surface area contributed by atoms with Crippen LogP contribution in [0.3, 0.4) is 0 Å². The maximum atomic E-state index is 12.7. The third-order valence-electron chi connectivity index (χ3n) is 5.01. The average Bonchev–Trinajstić information content (AvgIpc) is 3.27. The van der Waals surface area contributed by atoms with Gasteiger partial charge in [0.25, 0.3) is 5.91 Å². The third-order valence-corrected chi connectivity index (χ3v) is 6.03. The first-order valence-corrected chi connectivity index (χ1v) is 11.6. The molecule has 2 aliphatic rings. The van der Waals surface area contributed by atoms with Gasteiger partial charge in [0.1, 0.15) is 5.75 Å². The second-order valence-corrected chi connectivity index (χ2v) is 8.55. The summed E-state index contributed by atoms with van der Waals surface area (Å²) in [5, 5.41) is 6.09. The van der Waals surface area contributed by atoms with Crippen molar-refractivity contribution in [3.63, 3.8) is 0 Å². The number of nitrogens with zero attached hydrogens (tertiary/aromatic N) is 2. The summed E-state index contributed by atoms with van der Waals surface area (Å²) in [5.74, 6) is -0.122. The molecule has 1 N–H and O–H groups in total. The van der Waals surface area contributed by atoms with Gasteiger partial charge in [-0.15, -0.1) is 0 Å². The minimum Gasteiger partial charge on any atom is -0.484 e. The molecule has 0 saturated heterocycles. The van der Waals surface area contributed by atoms with Crippen LogP contribution in [-0.4, -0.2) is 35.2 Å². The number of halogens is 1. The molecule has 9 heteroatoms. The first-order chi connectivity index (χ1) is 16.0. The maximum Gasteiger partial charge on any atom is 0.338 e. The van der Waals surface area contributed by atoms with E-state index in [-0.39, 0.29) is 31.1 Å². The highest BCUT2D eigenvalue weighted by Crippen LogP contribution is 2.41. The summed E-state index contributed by atoms with van der Waals surface area (Å²) in [5.41, 5.74) is 2.67. The minimum atomic E-state index is -0.382. The first kappa shape index (κ1) is 22.9. The van der Waals surface area contributed by atoms with Crippen LogP contribution in [0.5, 0.6) is 5.75 Å². The highest BCUT2D eigenvalue weighted by molar-refractivity contribution is 8.16. The summed E-state index contributed by atoms with van der Waals surface area (Å²) >= 11 is 7.36. The second-order valence-electron chi connectivity index (χ2n) is 7.24. The summed E-state index contributed by atoms with van der Waals surface area (Å²) in [6, 6.07) is 13.8. The number of benzene rings is 2. The van der Waals surface area contributed by atoms with E-state index in [4.69, 9.17) is 21.1 Å². The first-order valence-electron chi connectivity index (χ1n) is 10.3. The number of allylic oxidation sites excluding steroid dienone is 1. The lowest BCUT2D eigenvalue weighted by Gasteiger charge is -2.33. The molecule has 2 heterocycles. The summed E-state index contributed by atoms with van der Waals surface area (Å²) in [7, 11) is 0. The van der Waals surface area contributed by atoms with E-state index in [1.54, 1.807) is 43.3 Å². The third kappa shape index (κ3) is 5.23. The maximum absolute atomic E-state index is 12.7. The molecule has 0 fully saturated rings. The van der Waals surface area contributed by atoms with Crippen LogP contribution in [0.25, 0.3) is 0 Å². The quantitative estimate of drug-likeness (QED) is 0.550. The summed E-state index contributed by atoms with van der Waals surface area (Å²) in [6.45, 7) is 3.75. The molecule has 0 spiro atoms. The molecule has 170 valence electrons. The van der Waals surface area contributed by atoms with E-state index in [0.717, 1.165) is 10.7 Å². The van der Waals surface area contributed by atoms with Crippen molar-refractivity contribution in [2.24, 2.45) is 4.99 Å². The van der Waals surface area contributed by atoms with E-state index in [9.17, 15) is 9.59 Å². The molecule has 0 unspecified atom stereocenters. The second kappa shape index (κ2) is 10.1. The smallest absolute Gasteiger partial charge is 0.338 e. The Morgan fingerprint density at radius 2 is 1.88 bits per heavy atom. The number of aliphatic imine (C=N–C) groups is 1. The Morgan fingerprint density at radius 3 is 2.58 bits per heavy atom. The van der Waals surface area contributed by atoms with Gasteiger partial charge in [-0.1, -0.05) is 35.5 Å². The molecular weight excluding hydrogens is 462 g/mol. The number of thioether (sulfide) groups is 1. The Kier molecular flexibility index (Phi) is 7.05. The van der Waals surface area contributed by atoms with E-state index >= 15 is 0 Å². The number of hydrogen-bond acceptors (Lipinski definition) is 7. The van der Waals surface area contributed by atoms with Crippen LogP contribution < -0.4 is 10.1 Å². The predicted molar refractivity (Wildman–Crippen MR) is 130 cm³/mol. The van der Waals surface area contributed by atoms with Gasteiger partial charge in [0.2, 0.25) is 0 Å². The zero-order valence-corrected chi connectivity index (χ0v) is 19.7. The molecule has 0 aromatic heterocycles. The van der Waals surface area contributed by atoms with Gasteiger partial charge in [0.05, 0.1) is 23.9 Å². The number of amidine groups is 1. The minimum absolute atomic E-state index is 0.138. The Morgan fingerprint density at radius 1 is 1.15 bits per heavy atom. The fraction of sp³-hybridized carbons (Fsp3) is 0.208. The number of amides is 1. The molecule has 1 amide bonds. The fourth-order valence-electron chi connectivity index (χ4n) is 3.52. The van der Waals surface area contributed by atoms with Gasteiger partial charge in [-0.25, -0.2) is 9.79 Å². The molecule has 0 radical (unpaired) electrons. The van der Waals surface area contributed by atoms with Crippen molar-refractivity contribution in [3.8, 4) is 5.75 Å². The lowest BCUT2D eigenvalue weighted by Crippen LogP contribution is -2.34. The van der Waals surface area contributed by atoms with Crippen LogP contribution in [0.2, 0.25) is 5.02 Å². The number of hydrogen-bond donors (Lipinski definition) is 1. The predicted octanol–water partition coefficient (Wildman–Crippen LogP) is 5.13. The average molecular weight is 484 g/mol. The molecule has 2 aliphatic heterocycles. The van der Waals surface area contributed by atoms with Gasteiger partial charge >= 0.3 is 5.97 Å². The van der Waals surface area contributed by atoms with E-state index < -0.39 is 0 Å². The number of anilines is 1. The largest absolute Gasteiger partial charge is 0.484 e. The highest BCUT2D eigenvalue weighted by atomic mass is 35.5. The van der Waals surface area contributed by atoms with Crippen LogP contribution in [0.15, 0.2) is 76.4 Å². The van der Waals surface area contributed by atoms with Crippen molar-refractivity contribution >= 4 is 46.1 Å². The van der Waals surface area contributed by atoms with Gasteiger partial charge in [0, 0.05) is 16.9 Å². The summed E-state index contributed by atoms with van der Waals surface area (Å²) in [4.78, 5) is 31.4. The Hall–Kier alpha value is -3.23. The molecular formula is C24H22ClN3O4S.